The minimum atomic E-state index is -3.57. The standard InChI is InChI=1S/C21H25ClN2O4S/c1-15(16-3-7-19(28-2)8-4-16)23-21(25)17-11-13-24(14-12-17)29(26,27)20-9-5-18(22)6-10-20/h3-10,15,17H,11-14H2,1-2H3,(H,23,25)/t15-/m0/s1. The van der Waals surface area contributed by atoms with Crippen molar-refractivity contribution >= 4 is 27.5 Å². The van der Waals surface area contributed by atoms with Crippen LogP contribution in [0.15, 0.2) is 53.4 Å². The number of amides is 1. The summed E-state index contributed by atoms with van der Waals surface area (Å²) in [5.74, 6) is 0.519. The van der Waals surface area contributed by atoms with Crippen LogP contribution < -0.4 is 10.1 Å². The van der Waals surface area contributed by atoms with Gasteiger partial charge in [0.25, 0.3) is 0 Å². The molecule has 0 spiro atoms. The lowest BCUT2D eigenvalue weighted by Crippen LogP contribution is -2.43. The Bertz CT molecular complexity index is 938. The summed E-state index contributed by atoms with van der Waals surface area (Å²) in [7, 11) is -1.96. The van der Waals surface area contributed by atoms with Crippen LogP contribution >= 0.6 is 11.6 Å². The maximum absolute atomic E-state index is 12.8. The van der Waals surface area contributed by atoms with Crippen LogP contribution in [0.4, 0.5) is 0 Å². The topological polar surface area (TPSA) is 75.7 Å². The zero-order chi connectivity index (χ0) is 21.0. The highest BCUT2D eigenvalue weighted by atomic mass is 35.5. The van der Waals surface area contributed by atoms with Crippen LogP contribution in [0, 0.1) is 5.92 Å². The average molecular weight is 437 g/mol. The van der Waals surface area contributed by atoms with Crippen LogP contribution in [0.25, 0.3) is 0 Å². The molecular formula is C21H25ClN2O4S. The molecule has 0 unspecified atom stereocenters. The van der Waals surface area contributed by atoms with Crippen molar-refractivity contribution in [3.8, 4) is 5.75 Å². The number of benzene rings is 2. The molecule has 1 heterocycles. The molecule has 0 bridgehead atoms. The van der Waals surface area contributed by atoms with Gasteiger partial charge in [-0.2, -0.15) is 4.31 Å². The van der Waals surface area contributed by atoms with Crippen molar-refractivity contribution in [3.63, 3.8) is 0 Å². The number of rotatable bonds is 6. The fourth-order valence-electron chi connectivity index (χ4n) is 3.42. The highest BCUT2D eigenvalue weighted by molar-refractivity contribution is 7.89. The number of piperidine rings is 1. The summed E-state index contributed by atoms with van der Waals surface area (Å²) in [4.78, 5) is 12.9. The number of methoxy groups -OCH3 is 1. The molecule has 2 aromatic rings. The van der Waals surface area contributed by atoms with Gasteiger partial charge in [0.2, 0.25) is 15.9 Å². The smallest absolute Gasteiger partial charge is 0.243 e. The van der Waals surface area contributed by atoms with E-state index in [-0.39, 0.29) is 22.8 Å². The lowest BCUT2D eigenvalue weighted by molar-refractivity contribution is -0.126. The van der Waals surface area contributed by atoms with E-state index in [9.17, 15) is 13.2 Å². The molecule has 0 saturated carbocycles. The molecule has 1 fully saturated rings. The number of carbonyl (C=O) groups is 1. The van der Waals surface area contributed by atoms with E-state index in [4.69, 9.17) is 16.3 Å². The molecule has 0 aliphatic carbocycles. The number of sulfonamides is 1. The fourth-order valence-corrected chi connectivity index (χ4v) is 5.02. The van der Waals surface area contributed by atoms with Crippen LogP contribution in [0.5, 0.6) is 5.75 Å². The molecule has 2 aromatic carbocycles. The Hall–Kier alpha value is -2.09. The summed E-state index contributed by atoms with van der Waals surface area (Å²) in [6.45, 7) is 2.57. The molecule has 29 heavy (non-hydrogen) atoms. The lowest BCUT2D eigenvalue weighted by atomic mass is 9.96. The summed E-state index contributed by atoms with van der Waals surface area (Å²) < 4.78 is 32.1. The molecule has 1 aliphatic heterocycles. The van der Waals surface area contributed by atoms with Gasteiger partial charge in [-0.05, 0) is 61.7 Å². The SMILES string of the molecule is COc1ccc([C@H](C)NC(=O)C2CCN(S(=O)(=O)c3ccc(Cl)cc3)CC2)cc1. The molecule has 8 heteroatoms. The molecule has 1 amide bonds. The van der Waals surface area contributed by atoms with Gasteiger partial charge in [0.05, 0.1) is 18.0 Å². The number of nitrogens with zero attached hydrogens (tertiary/aromatic N) is 1. The second-order valence-corrected chi connectivity index (χ2v) is 9.51. The van der Waals surface area contributed by atoms with Gasteiger partial charge in [0.15, 0.2) is 0 Å². The summed E-state index contributed by atoms with van der Waals surface area (Å²) in [5.41, 5.74) is 0.988. The van der Waals surface area contributed by atoms with Gasteiger partial charge < -0.3 is 10.1 Å². The lowest BCUT2D eigenvalue weighted by Gasteiger charge is -2.31. The molecule has 0 aromatic heterocycles. The first-order chi connectivity index (χ1) is 13.8. The zero-order valence-electron chi connectivity index (χ0n) is 16.5. The number of hydrogen-bond acceptors (Lipinski definition) is 4. The number of hydrogen-bond donors (Lipinski definition) is 1. The highest BCUT2D eigenvalue weighted by Crippen LogP contribution is 2.26. The van der Waals surface area contributed by atoms with E-state index in [0.29, 0.717) is 31.0 Å². The van der Waals surface area contributed by atoms with Crippen molar-refractivity contribution in [2.45, 2.75) is 30.7 Å². The Morgan fingerprint density at radius 3 is 2.24 bits per heavy atom. The predicted molar refractivity (Wildman–Crippen MR) is 112 cm³/mol. The molecule has 3 rings (SSSR count). The van der Waals surface area contributed by atoms with Gasteiger partial charge in [-0.3, -0.25) is 4.79 Å². The van der Waals surface area contributed by atoms with Crippen molar-refractivity contribution in [1.29, 1.82) is 0 Å². The van der Waals surface area contributed by atoms with Crippen molar-refractivity contribution in [2.75, 3.05) is 20.2 Å². The van der Waals surface area contributed by atoms with E-state index in [1.165, 1.54) is 16.4 Å². The van der Waals surface area contributed by atoms with Crippen LogP contribution in [-0.4, -0.2) is 38.8 Å². The molecule has 1 N–H and O–H groups in total. The number of carbonyl (C=O) groups excluding carboxylic acids is 1. The molecule has 1 saturated heterocycles. The van der Waals surface area contributed by atoms with Gasteiger partial charge in [0.1, 0.15) is 5.75 Å². The van der Waals surface area contributed by atoms with Crippen molar-refractivity contribution in [1.82, 2.24) is 9.62 Å². The molecule has 6 nitrogen and oxygen atoms in total. The fraction of sp³-hybridized carbons (Fsp3) is 0.381. The molecular weight excluding hydrogens is 412 g/mol. The van der Waals surface area contributed by atoms with E-state index in [0.717, 1.165) is 11.3 Å². The molecule has 156 valence electrons. The first-order valence-corrected chi connectivity index (χ1v) is 11.3. The molecule has 0 radical (unpaired) electrons. The Morgan fingerprint density at radius 1 is 1.10 bits per heavy atom. The Balaban J connectivity index is 1.56. The maximum Gasteiger partial charge on any atom is 0.243 e. The zero-order valence-corrected chi connectivity index (χ0v) is 18.0. The number of nitrogens with one attached hydrogen (secondary N) is 1. The van der Waals surface area contributed by atoms with E-state index in [2.05, 4.69) is 5.32 Å². The van der Waals surface area contributed by atoms with E-state index in [1.54, 1.807) is 19.2 Å². The van der Waals surface area contributed by atoms with Gasteiger partial charge in [-0.15, -0.1) is 0 Å². The van der Waals surface area contributed by atoms with Crippen LogP contribution in [0.2, 0.25) is 5.02 Å². The van der Waals surface area contributed by atoms with Gasteiger partial charge in [-0.1, -0.05) is 23.7 Å². The number of halogens is 1. The third-order valence-electron chi connectivity index (χ3n) is 5.25. The summed E-state index contributed by atoms with van der Waals surface area (Å²) in [5, 5.41) is 3.52. The summed E-state index contributed by atoms with van der Waals surface area (Å²) >= 11 is 5.84. The van der Waals surface area contributed by atoms with Crippen molar-refractivity contribution in [2.24, 2.45) is 5.92 Å². The summed E-state index contributed by atoms with van der Waals surface area (Å²) in [6.07, 6.45) is 0.988. The highest BCUT2D eigenvalue weighted by Gasteiger charge is 2.32. The van der Waals surface area contributed by atoms with E-state index in [1.807, 2.05) is 31.2 Å². The largest absolute Gasteiger partial charge is 0.497 e. The van der Waals surface area contributed by atoms with Crippen LogP contribution in [0.1, 0.15) is 31.4 Å². The minimum absolute atomic E-state index is 0.0446. The third kappa shape index (κ3) is 5.10. The molecule has 1 aliphatic rings. The van der Waals surface area contributed by atoms with E-state index >= 15 is 0 Å². The monoisotopic (exact) mass is 436 g/mol. The normalized spacial score (nSPS) is 16.9. The minimum Gasteiger partial charge on any atom is -0.497 e. The maximum atomic E-state index is 12.8. The van der Waals surface area contributed by atoms with Gasteiger partial charge >= 0.3 is 0 Å². The van der Waals surface area contributed by atoms with Crippen molar-refractivity contribution < 1.29 is 17.9 Å². The first kappa shape index (κ1) is 21.6. The third-order valence-corrected chi connectivity index (χ3v) is 7.42. The average Bonchev–Trinajstić information content (AvgIpc) is 2.74. The molecule has 1 atom stereocenters. The predicted octanol–water partition coefficient (Wildman–Crippen LogP) is 3.63. The van der Waals surface area contributed by atoms with Crippen molar-refractivity contribution in [3.05, 3.63) is 59.1 Å². The first-order valence-electron chi connectivity index (χ1n) is 9.51. The number of ether oxygens (including phenoxy) is 1. The second-order valence-electron chi connectivity index (χ2n) is 7.14. The Kier molecular flexibility index (Phi) is 6.82. The van der Waals surface area contributed by atoms with E-state index < -0.39 is 10.0 Å². The Labute approximate surface area is 176 Å². The van der Waals surface area contributed by atoms with Gasteiger partial charge in [0, 0.05) is 24.0 Å². The van der Waals surface area contributed by atoms with Crippen LogP contribution in [0.3, 0.4) is 0 Å². The second kappa shape index (κ2) is 9.15. The summed E-state index contributed by atoms with van der Waals surface area (Å²) in [6, 6.07) is 13.6. The quantitative estimate of drug-likeness (QED) is 0.750. The van der Waals surface area contributed by atoms with Gasteiger partial charge in [-0.25, -0.2) is 8.42 Å². The van der Waals surface area contributed by atoms with Crippen LogP contribution in [-0.2, 0) is 14.8 Å². The Morgan fingerprint density at radius 2 is 1.69 bits per heavy atom.